The SMILES string of the molecule is COc1ccc(CC(CCl)C(C)C)cc1F. The van der Waals surface area contributed by atoms with Crippen molar-refractivity contribution in [2.45, 2.75) is 20.3 Å². The first kappa shape index (κ1) is 13.3. The second-order valence-corrected chi connectivity index (χ2v) is 4.64. The molecule has 1 unspecified atom stereocenters. The van der Waals surface area contributed by atoms with Gasteiger partial charge in [-0.3, -0.25) is 0 Å². The Morgan fingerprint density at radius 2 is 2.06 bits per heavy atom. The average Bonchev–Trinajstić information content (AvgIpc) is 2.25. The highest BCUT2D eigenvalue weighted by molar-refractivity contribution is 6.18. The Balaban J connectivity index is 2.78. The molecule has 0 aliphatic carbocycles. The molecule has 0 saturated carbocycles. The van der Waals surface area contributed by atoms with Crippen LogP contribution in [0.1, 0.15) is 19.4 Å². The maximum absolute atomic E-state index is 13.4. The second kappa shape index (κ2) is 6.09. The van der Waals surface area contributed by atoms with Crippen LogP contribution >= 0.6 is 11.6 Å². The lowest BCUT2D eigenvalue weighted by Gasteiger charge is -2.18. The van der Waals surface area contributed by atoms with Gasteiger partial charge in [0, 0.05) is 5.88 Å². The number of hydrogen-bond donors (Lipinski definition) is 0. The molecule has 0 N–H and O–H groups in total. The van der Waals surface area contributed by atoms with E-state index in [0.29, 0.717) is 17.7 Å². The molecule has 1 atom stereocenters. The van der Waals surface area contributed by atoms with Gasteiger partial charge in [-0.25, -0.2) is 4.39 Å². The van der Waals surface area contributed by atoms with E-state index in [1.165, 1.54) is 13.2 Å². The Labute approximate surface area is 102 Å². The molecule has 0 saturated heterocycles. The summed E-state index contributed by atoms with van der Waals surface area (Å²) in [7, 11) is 1.47. The third-order valence-electron chi connectivity index (χ3n) is 2.86. The molecule has 90 valence electrons. The number of ether oxygens (including phenoxy) is 1. The largest absolute Gasteiger partial charge is 0.494 e. The minimum Gasteiger partial charge on any atom is -0.494 e. The summed E-state index contributed by atoms with van der Waals surface area (Å²) in [6.45, 7) is 4.26. The van der Waals surface area contributed by atoms with Crippen molar-refractivity contribution >= 4 is 11.6 Å². The molecule has 1 rings (SSSR count). The maximum Gasteiger partial charge on any atom is 0.165 e. The summed E-state index contributed by atoms with van der Waals surface area (Å²) in [6, 6.07) is 5.08. The monoisotopic (exact) mass is 244 g/mol. The standard InChI is InChI=1S/C13H18ClFO/c1-9(2)11(8-14)6-10-4-5-13(16-3)12(15)7-10/h4-5,7,9,11H,6,8H2,1-3H3. The second-order valence-electron chi connectivity index (χ2n) is 4.33. The molecule has 0 aliphatic heterocycles. The molecule has 1 nitrogen and oxygen atoms in total. The summed E-state index contributed by atoms with van der Waals surface area (Å²) in [5.74, 6) is 1.47. The number of alkyl halides is 1. The molecular weight excluding hydrogens is 227 g/mol. The normalized spacial score (nSPS) is 12.9. The summed E-state index contributed by atoms with van der Waals surface area (Å²) >= 11 is 5.89. The number of hydrogen-bond acceptors (Lipinski definition) is 1. The maximum atomic E-state index is 13.4. The van der Waals surface area contributed by atoms with Crippen LogP contribution in [0, 0.1) is 17.7 Å². The van der Waals surface area contributed by atoms with Crippen molar-refractivity contribution in [1.82, 2.24) is 0 Å². The summed E-state index contributed by atoms with van der Waals surface area (Å²) in [6.07, 6.45) is 0.808. The summed E-state index contributed by atoms with van der Waals surface area (Å²) in [4.78, 5) is 0. The van der Waals surface area contributed by atoms with E-state index in [0.717, 1.165) is 12.0 Å². The molecule has 1 aromatic rings. The third kappa shape index (κ3) is 3.38. The van der Waals surface area contributed by atoms with Gasteiger partial charge in [0.2, 0.25) is 0 Å². The van der Waals surface area contributed by atoms with E-state index in [4.69, 9.17) is 16.3 Å². The minimum absolute atomic E-state index is 0.288. The summed E-state index contributed by atoms with van der Waals surface area (Å²) in [5.41, 5.74) is 0.970. The van der Waals surface area contributed by atoms with Crippen LogP contribution in [-0.4, -0.2) is 13.0 Å². The number of rotatable bonds is 5. The summed E-state index contributed by atoms with van der Waals surface area (Å²) in [5, 5.41) is 0. The van der Waals surface area contributed by atoms with Gasteiger partial charge in [0.1, 0.15) is 0 Å². The Kier molecular flexibility index (Phi) is 5.07. The van der Waals surface area contributed by atoms with E-state index in [1.54, 1.807) is 6.07 Å². The van der Waals surface area contributed by atoms with Gasteiger partial charge in [0.15, 0.2) is 11.6 Å². The molecule has 0 spiro atoms. The molecule has 0 heterocycles. The summed E-state index contributed by atoms with van der Waals surface area (Å²) < 4.78 is 18.3. The lowest BCUT2D eigenvalue weighted by molar-refractivity contribution is 0.384. The molecule has 0 fully saturated rings. The first-order chi connectivity index (χ1) is 7.58. The van der Waals surface area contributed by atoms with Gasteiger partial charge < -0.3 is 4.74 Å². The number of halogens is 2. The molecular formula is C13H18ClFO. The van der Waals surface area contributed by atoms with Gasteiger partial charge >= 0.3 is 0 Å². The van der Waals surface area contributed by atoms with Crippen molar-refractivity contribution < 1.29 is 9.13 Å². The van der Waals surface area contributed by atoms with Crippen LogP contribution in [0.15, 0.2) is 18.2 Å². The third-order valence-corrected chi connectivity index (χ3v) is 3.25. The quantitative estimate of drug-likeness (QED) is 0.714. The minimum atomic E-state index is -0.308. The van der Waals surface area contributed by atoms with Crippen molar-refractivity contribution in [3.05, 3.63) is 29.6 Å². The van der Waals surface area contributed by atoms with Crippen LogP contribution in [0.2, 0.25) is 0 Å². The Hall–Kier alpha value is -0.760. The highest BCUT2D eigenvalue weighted by atomic mass is 35.5. The highest BCUT2D eigenvalue weighted by Crippen LogP contribution is 2.23. The Bertz CT molecular complexity index is 339. The number of benzene rings is 1. The van der Waals surface area contributed by atoms with Crippen LogP contribution in [0.3, 0.4) is 0 Å². The predicted octanol–water partition coefficient (Wildman–Crippen LogP) is 3.89. The predicted molar refractivity (Wildman–Crippen MR) is 65.7 cm³/mol. The van der Waals surface area contributed by atoms with Crippen molar-refractivity contribution in [3.8, 4) is 5.75 Å². The molecule has 0 bridgehead atoms. The van der Waals surface area contributed by atoms with Crippen molar-refractivity contribution in [1.29, 1.82) is 0 Å². The fourth-order valence-corrected chi connectivity index (χ4v) is 2.07. The molecule has 0 radical (unpaired) electrons. The smallest absolute Gasteiger partial charge is 0.165 e. The topological polar surface area (TPSA) is 9.23 Å². The zero-order valence-corrected chi connectivity index (χ0v) is 10.7. The number of methoxy groups -OCH3 is 1. The van der Waals surface area contributed by atoms with Gasteiger partial charge in [-0.15, -0.1) is 11.6 Å². The zero-order chi connectivity index (χ0) is 12.1. The average molecular weight is 245 g/mol. The fourth-order valence-electron chi connectivity index (χ4n) is 1.61. The van der Waals surface area contributed by atoms with Gasteiger partial charge in [-0.05, 0) is 36.0 Å². The molecule has 0 aromatic heterocycles. The first-order valence-corrected chi connectivity index (χ1v) is 6.00. The molecule has 1 aromatic carbocycles. The van der Waals surface area contributed by atoms with Crippen molar-refractivity contribution in [2.75, 3.05) is 13.0 Å². The molecule has 0 amide bonds. The van der Waals surface area contributed by atoms with Gasteiger partial charge in [0.25, 0.3) is 0 Å². The van der Waals surface area contributed by atoms with Crippen molar-refractivity contribution in [2.24, 2.45) is 11.8 Å². The van der Waals surface area contributed by atoms with E-state index >= 15 is 0 Å². The van der Waals surface area contributed by atoms with E-state index < -0.39 is 0 Å². The molecule has 3 heteroatoms. The first-order valence-electron chi connectivity index (χ1n) is 5.46. The van der Waals surface area contributed by atoms with E-state index in [-0.39, 0.29) is 11.6 Å². The van der Waals surface area contributed by atoms with Crippen LogP contribution in [0.4, 0.5) is 4.39 Å². The van der Waals surface area contributed by atoms with E-state index in [9.17, 15) is 4.39 Å². The van der Waals surface area contributed by atoms with Crippen LogP contribution in [0.25, 0.3) is 0 Å². The van der Waals surface area contributed by atoms with Gasteiger partial charge in [-0.2, -0.15) is 0 Å². The van der Waals surface area contributed by atoms with E-state index in [1.807, 2.05) is 6.07 Å². The lowest BCUT2D eigenvalue weighted by atomic mass is 9.91. The fraction of sp³-hybridized carbons (Fsp3) is 0.538. The van der Waals surface area contributed by atoms with Gasteiger partial charge in [0.05, 0.1) is 7.11 Å². The lowest BCUT2D eigenvalue weighted by Crippen LogP contribution is -2.13. The molecule has 0 aliphatic rings. The molecule has 16 heavy (non-hydrogen) atoms. The Morgan fingerprint density at radius 1 is 1.38 bits per heavy atom. The van der Waals surface area contributed by atoms with E-state index in [2.05, 4.69) is 13.8 Å². The van der Waals surface area contributed by atoms with Crippen LogP contribution in [-0.2, 0) is 6.42 Å². The van der Waals surface area contributed by atoms with Crippen molar-refractivity contribution in [3.63, 3.8) is 0 Å². The van der Waals surface area contributed by atoms with Gasteiger partial charge in [-0.1, -0.05) is 19.9 Å². The zero-order valence-electron chi connectivity index (χ0n) is 9.97. The van der Waals surface area contributed by atoms with Crippen LogP contribution in [0.5, 0.6) is 5.75 Å². The van der Waals surface area contributed by atoms with Crippen LogP contribution < -0.4 is 4.74 Å². The Morgan fingerprint density at radius 3 is 2.50 bits per heavy atom. The highest BCUT2D eigenvalue weighted by Gasteiger charge is 2.14.